The van der Waals surface area contributed by atoms with Crippen LogP contribution in [0.1, 0.15) is 25.7 Å². The molecule has 0 saturated heterocycles. The summed E-state index contributed by atoms with van der Waals surface area (Å²) < 4.78 is 37.3. The van der Waals surface area contributed by atoms with Crippen molar-refractivity contribution >= 4 is 5.91 Å². The second-order valence-corrected chi connectivity index (χ2v) is 4.96. The number of carbonyl (C=O) groups is 1. The van der Waals surface area contributed by atoms with Crippen molar-refractivity contribution < 1.29 is 18.0 Å². The minimum atomic E-state index is -4.26. The molecule has 1 aliphatic heterocycles. The van der Waals surface area contributed by atoms with Gasteiger partial charge in [0.2, 0.25) is 5.91 Å². The highest BCUT2D eigenvalue weighted by Crippen LogP contribution is 2.32. The molecule has 0 spiro atoms. The van der Waals surface area contributed by atoms with Crippen molar-refractivity contribution in [2.45, 2.75) is 37.9 Å². The molecule has 3 nitrogen and oxygen atoms in total. The van der Waals surface area contributed by atoms with Gasteiger partial charge in [-0.2, -0.15) is 13.2 Å². The Kier molecular flexibility index (Phi) is 3.66. The number of carbonyl (C=O) groups excluding carboxylic acids is 1. The van der Waals surface area contributed by atoms with Gasteiger partial charge >= 0.3 is 6.18 Å². The van der Waals surface area contributed by atoms with E-state index in [1.165, 1.54) is 4.90 Å². The molecule has 0 aromatic carbocycles. The van der Waals surface area contributed by atoms with Crippen LogP contribution in [-0.4, -0.2) is 36.1 Å². The maximum atomic E-state index is 12.4. The maximum Gasteiger partial charge on any atom is 0.412 e. The molecule has 2 N–H and O–H groups in total. The van der Waals surface area contributed by atoms with E-state index in [9.17, 15) is 18.0 Å². The van der Waals surface area contributed by atoms with Crippen LogP contribution in [0, 0.1) is 5.92 Å². The van der Waals surface area contributed by atoms with Gasteiger partial charge in [-0.25, -0.2) is 0 Å². The summed E-state index contributed by atoms with van der Waals surface area (Å²) in [5.74, 6) is -0.289. The molecule has 2 aliphatic rings. The van der Waals surface area contributed by atoms with Gasteiger partial charge < -0.3 is 10.6 Å². The Balaban J connectivity index is 1.97. The second kappa shape index (κ2) is 4.91. The van der Waals surface area contributed by atoms with Gasteiger partial charge in [0, 0.05) is 24.7 Å². The SMILES string of the molecule is NC1CCCC1C(=O)N1CC=C(C(F)(F)F)CC1. The van der Waals surface area contributed by atoms with E-state index in [0.717, 1.165) is 25.3 Å². The third-order valence-electron chi connectivity index (χ3n) is 3.77. The summed E-state index contributed by atoms with van der Waals surface area (Å²) in [4.78, 5) is 13.6. The fraction of sp³-hybridized carbons (Fsp3) is 0.750. The Morgan fingerprint density at radius 1 is 1.39 bits per heavy atom. The first kappa shape index (κ1) is 13.4. The lowest BCUT2D eigenvalue weighted by Gasteiger charge is -2.30. The molecule has 18 heavy (non-hydrogen) atoms. The summed E-state index contributed by atoms with van der Waals surface area (Å²) in [6.07, 6.45) is -0.757. The highest BCUT2D eigenvalue weighted by Gasteiger charge is 2.38. The zero-order valence-electron chi connectivity index (χ0n) is 10.0. The third-order valence-corrected chi connectivity index (χ3v) is 3.77. The Hall–Kier alpha value is -1.04. The molecule has 1 saturated carbocycles. The van der Waals surface area contributed by atoms with Crippen LogP contribution in [0.5, 0.6) is 0 Å². The number of nitrogens with two attached hydrogens (primary N) is 1. The zero-order chi connectivity index (χ0) is 13.3. The highest BCUT2D eigenvalue weighted by molar-refractivity contribution is 5.80. The molecule has 0 aromatic rings. The van der Waals surface area contributed by atoms with E-state index in [1.807, 2.05) is 0 Å². The minimum absolute atomic E-state index is 0.0525. The van der Waals surface area contributed by atoms with E-state index in [-0.39, 0.29) is 37.4 Å². The first-order valence-corrected chi connectivity index (χ1v) is 6.20. The largest absolute Gasteiger partial charge is 0.412 e. The normalized spacial score (nSPS) is 29.3. The van der Waals surface area contributed by atoms with Gasteiger partial charge in [-0.3, -0.25) is 4.79 Å². The summed E-state index contributed by atoms with van der Waals surface area (Å²) in [7, 11) is 0. The van der Waals surface area contributed by atoms with Gasteiger partial charge in [0.1, 0.15) is 0 Å². The topological polar surface area (TPSA) is 46.3 Å². The van der Waals surface area contributed by atoms with Gasteiger partial charge in [-0.05, 0) is 19.3 Å². The van der Waals surface area contributed by atoms with Crippen molar-refractivity contribution in [1.29, 1.82) is 0 Å². The van der Waals surface area contributed by atoms with Crippen molar-refractivity contribution in [3.05, 3.63) is 11.6 Å². The number of hydrogen-bond acceptors (Lipinski definition) is 2. The Morgan fingerprint density at radius 3 is 2.56 bits per heavy atom. The first-order valence-electron chi connectivity index (χ1n) is 6.20. The Labute approximate surface area is 104 Å². The second-order valence-electron chi connectivity index (χ2n) is 4.96. The van der Waals surface area contributed by atoms with Gasteiger partial charge in [0.05, 0.1) is 5.92 Å². The lowest BCUT2D eigenvalue weighted by Crippen LogP contribution is -2.44. The van der Waals surface area contributed by atoms with Crippen LogP contribution in [0.2, 0.25) is 0 Å². The average molecular weight is 262 g/mol. The lowest BCUT2D eigenvalue weighted by molar-refractivity contribution is -0.136. The average Bonchev–Trinajstić information content (AvgIpc) is 2.73. The first-order chi connectivity index (χ1) is 8.39. The smallest absolute Gasteiger partial charge is 0.338 e. The van der Waals surface area contributed by atoms with Crippen LogP contribution >= 0.6 is 0 Å². The van der Waals surface area contributed by atoms with E-state index >= 15 is 0 Å². The molecule has 0 bridgehead atoms. The minimum Gasteiger partial charge on any atom is -0.338 e. The predicted molar refractivity (Wildman–Crippen MR) is 60.7 cm³/mol. The number of nitrogens with zero attached hydrogens (tertiary/aromatic N) is 1. The van der Waals surface area contributed by atoms with Gasteiger partial charge in [-0.1, -0.05) is 12.5 Å². The molecule has 2 rings (SSSR count). The van der Waals surface area contributed by atoms with Crippen LogP contribution in [0.3, 0.4) is 0 Å². The van der Waals surface area contributed by atoms with Crippen LogP contribution in [-0.2, 0) is 4.79 Å². The fourth-order valence-electron chi connectivity index (χ4n) is 2.66. The molecule has 1 fully saturated rings. The summed E-state index contributed by atoms with van der Waals surface area (Å²) >= 11 is 0. The zero-order valence-corrected chi connectivity index (χ0v) is 10.0. The fourth-order valence-corrected chi connectivity index (χ4v) is 2.66. The molecule has 2 atom stereocenters. The van der Waals surface area contributed by atoms with Crippen molar-refractivity contribution in [3.8, 4) is 0 Å². The summed E-state index contributed by atoms with van der Waals surface area (Å²) in [5.41, 5.74) is 5.31. The molecule has 6 heteroatoms. The number of halogens is 3. The molecular formula is C12H17F3N2O. The van der Waals surface area contributed by atoms with Gasteiger partial charge in [0.15, 0.2) is 0 Å². The van der Waals surface area contributed by atoms with Gasteiger partial charge in [-0.15, -0.1) is 0 Å². The Morgan fingerprint density at radius 2 is 2.11 bits per heavy atom. The highest BCUT2D eigenvalue weighted by atomic mass is 19.4. The number of amides is 1. The molecule has 1 heterocycles. The van der Waals surface area contributed by atoms with Crippen LogP contribution in [0.4, 0.5) is 13.2 Å². The summed E-state index contributed by atoms with van der Waals surface area (Å²) in [6.45, 7) is 0.199. The summed E-state index contributed by atoms with van der Waals surface area (Å²) in [6, 6.07) is -0.134. The number of hydrogen-bond donors (Lipinski definition) is 1. The van der Waals surface area contributed by atoms with E-state index in [2.05, 4.69) is 0 Å². The molecule has 102 valence electrons. The van der Waals surface area contributed by atoms with E-state index < -0.39 is 11.7 Å². The maximum absolute atomic E-state index is 12.4. The van der Waals surface area contributed by atoms with E-state index in [1.54, 1.807) is 0 Å². The Bertz CT molecular complexity index is 365. The molecule has 1 amide bonds. The van der Waals surface area contributed by atoms with Crippen molar-refractivity contribution in [3.63, 3.8) is 0 Å². The van der Waals surface area contributed by atoms with Crippen molar-refractivity contribution in [2.24, 2.45) is 11.7 Å². The summed E-state index contributed by atoms with van der Waals surface area (Å²) in [5, 5.41) is 0. The molecule has 2 unspecified atom stereocenters. The quantitative estimate of drug-likeness (QED) is 0.733. The molecule has 0 aromatic heterocycles. The van der Waals surface area contributed by atoms with Crippen LogP contribution in [0.15, 0.2) is 11.6 Å². The van der Waals surface area contributed by atoms with Crippen molar-refractivity contribution in [1.82, 2.24) is 4.90 Å². The standard InChI is InChI=1S/C12H17F3N2O/c13-12(14,15)8-4-6-17(7-5-8)11(18)9-2-1-3-10(9)16/h4,9-10H,1-3,5-7,16H2. The monoisotopic (exact) mass is 262 g/mol. The van der Waals surface area contributed by atoms with Gasteiger partial charge in [0.25, 0.3) is 0 Å². The van der Waals surface area contributed by atoms with E-state index in [0.29, 0.717) is 0 Å². The molecule has 1 aliphatic carbocycles. The number of alkyl halides is 3. The third kappa shape index (κ3) is 2.68. The van der Waals surface area contributed by atoms with Crippen LogP contribution < -0.4 is 5.73 Å². The molecule has 0 radical (unpaired) electrons. The van der Waals surface area contributed by atoms with Crippen LogP contribution in [0.25, 0.3) is 0 Å². The lowest BCUT2D eigenvalue weighted by atomic mass is 10.0. The molecular weight excluding hydrogens is 245 g/mol. The van der Waals surface area contributed by atoms with Crippen molar-refractivity contribution in [2.75, 3.05) is 13.1 Å². The predicted octanol–water partition coefficient (Wildman–Crippen LogP) is 1.83. The van der Waals surface area contributed by atoms with E-state index in [4.69, 9.17) is 5.73 Å². The number of rotatable bonds is 1.